The van der Waals surface area contributed by atoms with E-state index < -0.39 is 6.09 Å². The number of carbonyl (C=O) groups is 3. The average molecular weight is 521 g/mol. The summed E-state index contributed by atoms with van der Waals surface area (Å²) < 4.78 is 10.8. The highest BCUT2D eigenvalue weighted by Gasteiger charge is 2.30. The summed E-state index contributed by atoms with van der Waals surface area (Å²) in [6.07, 6.45) is 6.65. The number of hydrogen-bond donors (Lipinski definition) is 2. The van der Waals surface area contributed by atoms with E-state index in [9.17, 15) is 14.4 Å². The van der Waals surface area contributed by atoms with Gasteiger partial charge in [-0.05, 0) is 74.3 Å². The molecule has 2 aliphatic carbocycles. The summed E-state index contributed by atoms with van der Waals surface area (Å²) in [5.41, 5.74) is 1.97. The molecular formula is C31H40N2O5. The summed E-state index contributed by atoms with van der Waals surface area (Å²) in [5.74, 6) is 0.834. The zero-order valence-corrected chi connectivity index (χ0v) is 22.1. The number of carbonyl (C=O) groups excluding carboxylic acids is 3. The van der Waals surface area contributed by atoms with Crippen molar-refractivity contribution >= 4 is 18.0 Å². The first kappa shape index (κ1) is 27.7. The largest absolute Gasteiger partial charge is 0.461 e. The Morgan fingerprint density at radius 2 is 1.08 bits per heavy atom. The van der Waals surface area contributed by atoms with Crippen molar-refractivity contribution < 1.29 is 23.9 Å². The molecule has 0 atom stereocenters. The molecule has 4 rings (SSSR count). The first-order chi connectivity index (χ1) is 18.6. The van der Waals surface area contributed by atoms with Crippen LogP contribution in [0.25, 0.3) is 0 Å². The van der Waals surface area contributed by atoms with Gasteiger partial charge in [-0.3, -0.25) is 9.59 Å². The lowest BCUT2D eigenvalue weighted by Crippen LogP contribution is -2.38. The van der Waals surface area contributed by atoms with E-state index in [0.29, 0.717) is 31.5 Å². The van der Waals surface area contributed by atoms with Crippen LogP contribution in [0.3, 0.4) is 0 Å². The van der Waals surface area contributed by atoms with E-state index >= 15 is 0 Å². The quantitative estimate of drug-likeness (QED) is 0.410. The Morgan fingerprint density at radius 3 is 1.63 bits per heavy atom. The maximum Gasteiger partial charge on any atom is 0.407 e. The third-order valence-electron chi connectivity index (χ3n) is 7.93. The summed E-state index contributed by atoms with van der Waals surface area (Å²) in [6, 6.07) is 19.4. The average Bonchev–Trinajstić information content (AvgIpc) is 2.98. The molecule has 0 heterocycles. The summed E-state index contributed by atoms with van der Waals surface area (Å²) in [6.45, 7) is 1.85. The maximum absolute atomic E-state index is 12.8. The number of benzene rings is 2. The summed E-state index contributed by atoms with van der Waals surface area (Å²) >= 11 is 0. The van der Waals surface area contributed by atoms with Crippen LogP contribution in [0, 0.1) is 23.7 Å². The lowest BCUT2D eigenvalue weighted by atomic mass is 9.80. The monoisotopic (exact) mass is 520 g/mol. The van der Waals surface area contributed by atoms with Gasteiger partial charge in [-0.2, -0.15) is 0 Å². The van der Waals surface area contributed by atoms with Crippen molar-refractivity contribution in [1.82, 2.24) is 10.6 Å². The molecule has 0 spiro atoms. The fourth-order valence-electron chi connectivity index (χ4n) is 5.47. The van der Waals surface area contributed by atoms with Gasteiger partial charge in [0.2, 0.25) is 5.91 Å². The van der Waals surface area contributed by atoms with Gasteiger partial charge in [0.15, 0.2) is 0 Å². The fraction of sp³-hybridized carbons (Fsp3) is 0.516. The lowest BCUT2D eigenvalue weighted by molar-refractivity contribution is -0.151. The second kappa shape index (κ2) is 14.6. The molecule has 0 bridgehead atoms. The number of amides is 2. The van der Waals surface area contributed by atoms with Crippen molar-refractivity contribution in [3.63, 3.8) is 0 Å². The van der Waals surface area contributed by atoms with E-state index in [1.54, 1.807) is 0 Å². The first-order valence-corrected chi connectivity index (χ1v) is 14.0. The van der Waals surface area contributed by atoms with Crippen molar-refractivity contribution in [1.29, 1.82) is 0 Å². The van der Waals surface area contributed by atoms with Gasteiger partial charge in [0.05, 0.1) is 5.92 Å². The van der Waals surface area contributed by atoms with Crippen molar-refractivity contribution in [2.45, 2.75) is 64.6 Å². The van der Waals surface area contributed by atoms with Gasteiger partial charge in [-0.25, -0.2) is 4.79 Å². The maximum atomic E-state index is 12.8. The Bertz CT molecular complexity index is 1010. The highest BCUT2D eigenvalue weighted by molar-refractivity contribution is 5.78. The molecule has 2 N–H and O–H groups in total. The molecule has 2 aromatic rings. The lowest BCUT2D eigenvalue weighted by Gasteiger charge is -2.30. The predicted octanol–water partition coefficient (Wildman–Crippen LogP) is 5.39. The second-order valence-electron chi connectivity index (χ2n) is 10.7. The molecule has 7 heteroatoms. The molecule has 2 saturated carbocycles. The number of nitrogens with one attached hydrogen (secondary N) is 2. The zero-order chi connectivity index (χ0) is 26.6. The Balaban J connectivity index is 1.05. The van der Waals surface area contributed by atoms with Crippen molar-refractivity contribution in [2.24, 2.45) is 23.7 Å². The molecular weight excluding hydrogens is 480 g/mol. The molecule has 7 nitrogen and oxygen atoms in total. The highest BCUT2D eigenvalue weighted by Crippen LogP contribution is 2.31. The van der Waals surface area contributed by atoms with E-state index in [2.05, 4.69) is 10.6 Å². The van der Waals surface area contributed by atoms with Crippen LogP contribution in [0.1, 0.15) is 62.5 Å². The van der Waals surface area contributed by atoms with Gasteiger partial charge in [-0.1, -0.05) is 60.7 Å². The SMILES string of the molecule is O=C(NC[C@H]1CC[C@H](C(=O)NC[C@H]2CC[C@H](C(=O)OCc3ccccc3)CC2)CC1)OCc1ccccc1. The van der Waals surface area contributed by atoms with Gasteiger partial charge < -0.3 is 20.1 Å². The van der Waals surface area contributed by atoms with Crippen molar-refractivity contribution in [3.8, 4) is 0 Å². The molecule has 0 unspecified atom stereocenters. The van der Waals surface area contributed by atoms with E-state index in [0.717, 1.165) is 62.5 Å². The van der Waals surface area contributed by atoms with Crippen LogP contribution in [0.5, 0.6) is 0 Å². The molecule has 0 radical (unpaired) electrons. The number of esters is 1. The van der Waals surface area contributed by atoms with Crippen molar-refractivity contribution in [2.75, 3.05) is 13.1 Å². The standard InChI is InChI=1S/C31H40N2O5/c34-29(27-15-11-24(12-16-27)20-33-31(36)38-22-26-9-5-2-6-10-26)32-19-23-13-17-28(18-14-23)30(35)37-21-25-7-3-1-4-8-25/h1-10,23-24,27-28H,11-22H2,(H,32,34)(H,33,36)/t23-,24-,27-,28-. The second-order valence-corrected chi connectivity index (χ2v) is 10.7. The smallest absolute Gasteiger partial charge is 0.407 e. The molecule has 2 amide bonds. The van der Waals surface area contributed by atoms with Gasteiger partial charge in [0.1, 0.15) is 13.2 Å². The van der Waals surface area contributed by atoms with Crippen LogP contribution in [0.15, 0.2) is 60.7 Å². The van der Waals surface area contributed by atoms with E-state index in [4.69, 9.17) is 9.47 Å². The molecule has 0 saturated heterocycles. The first-order valence-electron chi connectivity index (χ1n) is 14.0. The van der Waals surface area contributed by atoms with Crippen LogP contribution >= 0.6 is 0 Å². The normalized spacial score (nSPS) is 23.2. The van der Waals surface area contributed by atoms with Gasteiger partial charge >= 0.3 is 12.1 Å². The number of rotatable bonds is 10. The molecule has 204 valence electrons. The van der Waals surface area contributed by atoms with Crippen molar-refractivity contribution in [3.05, 3.63) is 71.8 Å². The van der Waals surface area contributed by atoms with E-state index in [1.165, 1.54) is 0 Å². The minimum absolute atomic E-state index is 0.0369. The highest BCUT2D eigenvalue weighted by atomic mass is 16.5. The third-order valence-corrected chi connectivity index (χ3v) is 7.93. The topological polar surface area (TPSA) is 93.7 Å². The van der Waals surface area contributed by atoms with Gasteiger partial charge in [-0.15, -0.1) is 0 Å². The third kappa shape index (κ3) is 8.89. The van der Waals surface area contributed by atoms with Crippen LogP contribution < -0.4 is 10.6 Å². The Labute approximate surface area is 225 Å². The number of ether oxygens (including phenoxy) is 2. The Kier molecular flexibility index (Phi) is 10.6. The summed E-state index contributed by atoms with van der Waals surface area (Å²) in [5, 5.41) is 6.03. The Hall–Kier alpha value is -3.35. The molecule has 0 aromatic heterocycles. The molecule has 2 fully saturated rings. The predicted molar refractivity (Wildman–Crippen MR) is 145 cm³/mol. The Morgan fingerprint density at radius 1 is 0.605 bits per heavy atom. The fourth-order valence-corrected chi connectivity index (χ4v) is 5.47. The van der Waals surface area contributed by atoms with Gasteiger partial charge in [0, 0.05) is 19.0 Å². The molecule has 2 aliphatic rings. The van der Waals surface area contributed by atoms with Crippen LogP contribution in [0.4, 0.5) is 4.79 Å². The van der Waals surface area contributed by atoms with E-state index in [-0.39, 0.29) is 30.3 Å². The molecule has 0 aliphatic heterocycles. The molecule has 2 aromatic carbocycles. The number of alkyl carbamates (subject to hydrolysis) is 1. The molecule has 38 heavy (non-hydrogen) atoms. The summed E-state index contributed by atoms with van der Waals surface area (Å²) in [4.78, 5) is 37.2. The summed E-state index contributed by atoms with van der Waals surface area (Å²) in [7, 11) is 0. The van der Waals surface area contributed by atoms with E-state index in [1.807, 2.05) is 60.7 Å². The van der Waals surface area contributed by atoms with Crippen LogP contribution in [-0.2, 0) is 32.3 Å². The van der Waals surface area contributed by atoms with Crippen LogP contribution in [0.2, 0.25) is 0 Å². The van der Waals surface area contributed by atoms with Crippen LogP contribution in [-0.4, -0.2) is 31.1 Å². The zero-order valence-electron chi connectivity index (χ0n) is 22.1. The minimum Gasteiger partial charge on any atom is -0.461 e. The number of hydrogen-bond acceptors (Lipinski definition) is 5. The van der Waals surface area contributed by atoms with Gasteiger partial charge in [0.25, 0.3) is 0 Å². The minimum atomic E-state index is -0.395.